The number of hydrogen-bond acceptors (Lipinski definition) is 2. The summed E-state index contributed by atoms with van der Waals surface area (Å²) in [4.78, 5) is 10.6. The van der Waals surface area contributed by atoms with Crippen molar-refractivity contribution in [1.82, 2.24) is 10.6 Å². The molecule has 0 saturated heterocycles. The zero-order valence-electron chi connectivity index (χ0n) is 11.9. The summed E-state index contributed by atoms with van der Waals surface area (Å²) in [5, 5.41) is 15.1. The highest BCUT2D eigenvalue weighted by Gasteiger charge is 2.39. The minimum atomic E-state index is -0.899. The molecule has 3 N–H and O–H groups in total. The SMILES string of the molecule is O=C(O)NC1CCC(N[C@@H]2C[C@H]2c2ccc(Br)cc2)CC1. The van der Waals surface area contributed by atoms with E-state index in [9.17, 15) is 4.79 Å². The third-order valence-corrected chi connectivity index (χ3v) is 5.12. The summed E-state index contributed by atoms with van der Waals surface area (Å²) in [5.41, 5.74) is 1.41. The Morgan fingerprint density at radius 1 is 1.10 bits per heavy atom. The molecule has 1 aromatic rings. The van der Waals surface area contributed by atoms with Crippen molar-refractivity contribution in [2.45, 2.75) is 56.1 Å². The van der Waals surface area contributed by atoms with Crippen LogP contribution in [0.25, 0.3) is 0 Å². The van der Waals surface area contributed by atoms with Crippen LogP contribution in [0.4, 0.5) is 4.79 Å². The molecule has 21 heavy (non-hydrogen) atoms. The van der Waals surface area contributed by atoms with Gasteiger partial charge in [-0.3, -0.25) is 0 Å². The van der Waals surface area contributed by atoms with E-state index in [1.165, 1.54) is 12.0 Å². The highest BCUT2D eigenvalue weighted by atomic mass is 79.9. The van der Waals surface area contributed by atoms with Crippen LogP contribution in [0.5, 0.6) is 0 Å². The van der Waals surface area contributed by atoms with E-state index in [1.54, 1.807) is 0 Å². The smallest absolute Gasteiger partial charge is 0.404 e. The Hall–Kier alpha value is -1.07. The Kier molecular flexibility index (Phi) is 4.50. The van der Waals surface area contributed by atoms with E-state index < -0.39 is 6.09 Å². The first-order valence-electron chi connectivity index (χ1n) is 7.63. The van der Waals surface area contributed by atoms with Crippen LogP contribution < -0.4 is 10.6 Å². The number of hydrogen-bond donors (Lipinski definition) is 3. The van der Waals surface area contributed by atoms with Gasteiger partial charge in [-0.15, -0.1) is 0 Å². The van der Waals surface area contributed by atoms with E-state index in [-0.39, 0.29) is 6.04 Å². The molecule has 5 heteroatoms. The van der Waals surface area contributed by atoms with Crippen molar-refractivity contribution < 1.29 is 9.90 Å². The Morgan fingerprint density at radius 3 is 2.33 bits per heavy atom. The largest absolute Gasteiger partial charge is 0.465 e. The summed E-state index contributed by atoms with van der Waals surface area (Å²) in [7, 11) is 0. The van der Waals surface area contributed by atoms with Gasteiger partial charge in [-0.1, -0.05) is 28.1 Å². The molecule has 2 saturated carbocycles. The van der Waals surface area contributed by atoms with Gasteiger partial charge in [0.2, 0.25) is 0 Å². The summed E-state index contributed by atoms with van der Waals surface area (Å²) >= 11 is 3.47. The van der Waals surface area contributed by atoms with Crippen molar-refractivity contribution in [2.75, 3.05) is 0 Å². The maximum atomic E-state index is 10.6. The summed E-state index contributed by atoms with van der Waals surface area (Å²) in [5.74, 6) is 0.646. The molecule has 2 fully saturated rings. The number of amides is 1. The average Bonchev–Trinajstić information content (AvgIpc) is 3.20. The van der Waals surface area contributed by atoms with Crippen LogP contribution in [0.1, 0.15) is 43.6 Å². The van der Waals surface area contributed by atoms with Gasteiger partial charge in [0.1, 0.15) is 0 Å². The van der Waals surface area contributed by atoms with Crippen LogP contribution in [0.3, 0.4) is 0 Å². The Bertz CT molecular complexity index is 498. The number of carboxylic acid groups (broad SMARTS) is 1. The van der Waals surface area contributed by atoms with Crippen molar-refractivity contribution in [2.24, 2.45) is 0 Å². The van der Waals surface area contributed by atoms with Crippen LogP contribution in [-0.4, -0.2) is 29.3 Å². The lowest BCUT2D eigenvalue weighted by atomic mass is 9.91. The van der Waals surface area contributed by atoms with Crippen LogP contribution in [0, 0.1) is 0 Å². The summed E-state index contributed by atoms with van der Waals surface area (Å²) < 4.78 is 1.13. The molecular weight excluding hydrogens is 332 g/mol. The first-order chi connectivity index (χ1) is 10.1. The van der Waals surface area contributed by atoms with Gasteiger partial charge in [0.05, 0.1) is 0 Å². The molecule has 2 aliphatic rings. The van der Waals surface area contributed by atoms with Crippen molar-refractivity contribution in [3.8, 4) is 0 Å². The van der Waals surface area contributed by atoms with Crippen molar-refractivity contribution in [1.29, 1.82) is 0 Å². The monoisotopic (exact) mass is 352 g/mol. The fraction of sp³-hybridized carbons (Fsp3) is 0.562. The second kappa shape index (κ2) is 6.36. The molecule has 3 rings (SSSR count). The number of benzene rings is 1. The molecule has 0 bridgehead atoms. The number of carbonyl (C=O) groups is 1. The highest BCUT2D eigenvalue weighted by molar-refractivity contribution is 9.10. The molecule has 1 amide bonds. The van der Waals surface area contributed by atoms with Gasteiger partial charge in [-0.05, 0) is 49.8 Å². The van der Waals surface area contributed by atoms with E-state index in [0.717, 1.165) is 30.2 Å². The summed E-state index contributed by atoms with van der Waals surface area (Å²) in [6, 6.07) is 9.89. The second-order valence-electron chi connectivity index (χ2n) is 6.16. The van der Waals surface area contributed by atoms with Gasteiger partial charge in [0.25, 0.3) is 0 Å². The van der Waals surface area contributed by atoms with E-state index in [4.69, 9.17) is 5.11 Å². The molecule has 114 valence electrons. The first kappa shape index (κ1) is 14.9. The van der Waals surface area contributed by atoms with Gasteiger partial charge in [0, 0.05) is 28.5 Å². The van der Waals surface area contributed by atoms with E-state index in [1.807, 2.05) is 0 Å². The maximum absolute atomic E-state index is 10.6. The molecule has 2 aliphatic carbocycles. The van der Waals surface area contributed by atoms with E-state index >= 15 is 0 Å². The van der Waals surface area contributed by atoms with Crippen LogP contribution in [0.2, 0.25) is 0 Å². The third kappa shape index (κ3) is 3.98. The van der Waals surface area contributed by atoms with Gasteiger partial charge in [0.15, 0.2) is 0 Å². The summed E-state index contributed by atoms with van der Waals surface area (Å²) in [6.45, 7) is 0. The molecule has 0 unspecified atom stereocenters. The van der Waals surface area contributed by atoms with Gasteiger partial charge < -0.3 is 15.7 Å². The van der Waals surface area contributed by atoms with Crippen molar-refractivity contribution in [3.63, 3.8) is 0 Å². The molecule has 1 aromatic carbocycles. The van der Waals surface area contributed by atoms with E-state index in [2.05, 4.69) is 50.8 Å². The van der Waals surface area contributed by atoms with Crippen molar-refractivity contribution >= 4 is 22.0 Å². The Morgan fingerprint density at radius 2 is 1.71 bits per heavy atom. The maximum Gasteiger partial charge on any atom is 0.404 e. The predicted octanol–water partition coefficient (Wildman–Crippen LogP) is 3.47. The highest BCUT2D eigenvalue weighted by Crippen LogP contribution is 2.42. The third-order valence-electron chi connectivity index (χ3n) is 4.59. The predicted molar refractivity (Wildman–Crippen MR) is 85.6 cm³/mol. The minimum Gasteiger partial charge on any atom is -0.465 e. The minimum absolute atomic E-state index is 0.141. The normalized spacial score (nSPS) is 31.7. The Balaban J connectivity index is 1.43. The number of halogens is 1. The molecular formula is C16H21BrN2O2. The van der Waals surface area contributed by atoms with E-state index in [0.29, 0.717) is 18.0 Å². The zero-order chi connectivity index (χ0) is 14.8. The van der Waals surface area contributed by atoms with Crippen molar-refractivity contribution in [3.05, 3.63) is 34.3 Å². The van der Waals surface area contributed by atoms with Crippen LogP contribution in [-0.2, 0) is 0 Å². The molecule has 0 spiro atoms. The topological polar surface area (TPSA) is 61.4 Å². The molecule has 0 aromatic heterocycles. The van der Waals surface area contributed by atoms with Gasteiger partial charge in [-0.25, -0.2) is 4.79 Å². The zero-order valence-corrected chi connectivity index (χ0v) is 13.5. The number of rotatable bonds is 4. The van der Waals surface area contributed by atoms with Gasteiger partial charge >= 0.3 is 6.09 Å². The molecule has 0 heterocycles. The summed E-state index contributed by atoms with van der Waals surface area (Å²) in [6.07, 6.45) is 4.33. The molecule has 2 atom stereocenters. The van der Waals surface area contributed by atoms with Gasteiger partial charge in [-0.2, -0.15) is 0 Å². The Labute approximate surface area is 133 Å². The lowest BCUT2D eigenvalue weighted by molar-refractivity contribution is 0.183. The molecule has 0 aliphatic heterocycles. The molecule has 0 radical (unpaired) electrons. The quantitative estimate of drug-likeness (QED) is 0.777. The lowest BCUT2D eigenvalue weighted by Crippen LogP contribution is -2.42. The average molecular weight is 353 g/mol. The fourth-order valence-electron chi connectivity index (χ4n) is 3.34. The lowest BCUT2D eigenvalue weighted by Gasteiger charge is -2.29. The molecule has 4 nitrogen and oxygen atoms in total. The van der Waals surface area contributed by atoms with Crippen LogP contribution >= 0.6 is 15.9 Å². The first-order valence-corrected chi connectivity index (χ1v) is 8.42. The second-order valence-corrected chi connectivity index (χ2v) is 7.08. The fourth-order valence-corrected chi connectivity index (χ4v) is 3.60. The standard InChI is InChI=1S/C16H21BrN2O2/c17-11-3-1-10(2-4-11)14-9-15(14)18-12-5-7-13(8-6-12)19-16(20)21/h1-4,12-15,18-19H,5-9H2,(H,20,21)/t12?,13?,14-,15+/m0/s1. The number of nitrogens with one attached hydrogen (secondary N) is 2. The van der Waals surface area contributed by atoms with Crippen LogP contribution in [0.15, 0.2) is 28.7 Å².